The molecular weight excluding hydrogens is 492 g/mol. The fraction of sp³-hybridized carbons (Fsp3) is 0.321. The molecule has 194 valence electrons. The summed E-state index contributed by atoms with van der Waals surface area (Å²) < 4.78 is 28.1. The minimum atomic E-state index is -0.216. The van der Waals surface area contributed by atoms with E-state index in [1.54, 1.807) is 25.8 Å². The van der Waals surface area contributed by atoms with Gasteiger partial charge >= 0.3 is 0 Å². The van der Waals surface area contributed by atoms with E-state index >= 15 is 0 Å². The molecule has 1 amide bonds. The summed E-state index contributed by atoms with van der Waals surface area (Å²) in [6.45, 7) is 4.44. The second kappa shape index (κ2) is 11.7. The van der Waals surface area contributed by atoms with Crippen LogP contribution in [0.1, 0.15) is 24.3 Å². The first-order valence-corrected chi connectivity index (χ1v) is 13.1. The topological polar surface area (TPSA) is 78.5 Å². The van der Waals surface area contributed by atoms with Gasteiger partial charge in [0.2, 0.25) is 12.7 Å². The summed E-state index contributed by atoms with van der Waals surface area (Å²) >= 11 is 1.64. The van der Waals surface area contributed by atoms with E-state index in [-0.39, 0.29) is 18.1 Å². The summed E-state index contributed by atoms with van der Waals surface area (Å²) in [5, 5.41) is 3.16. The number of nitrogens with one attached hydrogen (secondary N) is 1. The van der Waals surface area contributed by atoms with Gasteiger partial charge in [-0.1, -0.05) is 23.9 Å². The first-order valence-electron chi connectivity index (χ1n) is 12.2. The first-order chi connectivity index (χ1) is 18.1. The van der Waals surface area contributed by atoms with Gasteiger partial charge < -0.3 is 29.0 Å². The number of carbonyl (C=O) groups excluding carboxylic acids is 1. The summed E-state index contributed by atoms with van der Waals surface area (Å²) in [4.78, 5) is 15.5. The second-order valence-corrected chi connectivity index (χ2v) is 9.67. The molecule has 9 heteroatoms. The minimum absolute atomic E-state index is 0.0108. The zero-order chi connectivity index (χ0) is 25.6. The molecule has 2 aliphatic heterocycles. The molecule has 0 saturated heterocycles. The molecular formula is C28H30N2O6S. The zero-order valence-corrected chi connectivity index (χ0v) is 21.7. The Bertz CT molecular complexity index is 1250. The number of hydrogen-bond donors (Lipinski definition) is 1. The minimum Gasteiger partial charge on any atom is -0.497 e. The molecule has 0 saturated carbocycles. The average molecular weight is 523 g/mol. The van der Waals surface area contributed by atoms with Crippen molar-refractivity contribution in [3.63, 3.8) is 0 Å². The largest absolute Gasteiger partial charge is 0.497 e. The number of carbonyl (C=O) groups is 1. The molecule has 0 aromatic heterocycles. The molecule has 1 unspecified atom stereocenters. The number of benzene rings is 3. The number of amides is 1. The van der Waals surface area contributed by atoms with Crippen LogP contribution in [-0.2, 0) is 4.79 Å². The van der Waals surface area contributed by atoms with Crippen molar-refractivity contribution in [3.05, 3.63) is 66.2 Å². The number of para-hydroxylation sites is 1. The van der Waals surface area contributed by atoms with Crippen molar-refractivity contribution < 1.29 is 28.5 Å². The Hall–Kier alpha value is -3.56. The Morgan fingerprint density at radius 3 is 2.70 bits per heavy atom. The maximum Gasteiger partial charge on any atom is 0.231 e. The molecule has 1 atom stereocenters. The lowest BCUT2D eigenvalue weighted by Crippen LogP contribution is -2.28. The third-order valence-corrected chi connectivity index (χ3v) is 7.35. The van der Waals surface area contributed by atoms with E-state index in [0.29, 0.717) is 25.5 Å². The van der Waals surface area contributed by atoms with Crippen LogP contribution in [0.4, 0.5) is 5.69 Å². The maximum absolute atomic E-state index is 12.6. The van der Waals surface area contributed by atoms with E-state index in [2.05, 4.69) is 5.32 Å². The average Bonchev–Trinajstić information content (AvgIpc) is 3.54. The highest BCUT2D eigenvalue weighted by atomic mass is 32.2. The van der Waals surface area contributed by atoms with Crippen LogP contribution in [0, 0.1) is 0 Å². The van der Waals surface area contributed by atoms with Crippen LogP contribution in [-0.4, -0.2) is 46.1 Å². The van der Waals surface area contributed by atoms with Crippen molar-refractivity contribution >= 4 is 23.4 Å². The summed E-state index contributed by atoms with van der Waals surface area (Å²) in [6.07, 6.45) is 0.823. The Morgan fingerprint density at radius 2 is 1.84 bits per heavy atom. The summed E-state index contributed by atoms with van der Waals surface area (Å²) in [5.41, 5.74) is 1.84. The fourth-order valence-corrected chi connectivity index (χ4v) is 5.65. The Labute approximate surface area is 220 Å². The Morgan fingerprint density at radius 1 is 1.00 bits per heavy atom. The van der Waals surface area contributed by atoms with Crippen LogP contribution in [0.25, 0.3) is 0 Å². The number of methoxy groups -OCH3 is 1. The van der Waals surface area contributed by atoms with Crippen LogP contribution in [0.5, 0.6) is 28.7 Å². The van der Waals surface area contributed by atoms with Crippen molar-refractivity contribution in [1.29, 1.82) is 0 Å². The van der Waals surface area contributed by atoms with E-state index in [1.165, 1.54) is 0 Å². The van der Waals surface area contributed by atoms with Crippen molar-refractivity contribution in [3.8, 4) is 28.7 Å². The zero-order valence-electron chi connectivity index (χ0n) is 20.9. The van der Waals surface area contributed by atoms with Gasteiger partial charge in [-0.15, -0.1) is 0 Å². The normalized spacial score (nSPS) is 15.4. The van der Waals surface area contributed by atoms with Crippen molar-refractivity contribution in [2.45, 2.75) is 23.6 Å². The van der Waals surface area contributed by atoms with Gasteiger partial charge in [0.1, 0.15) is 29.2 Å². The molecule has 2 aliphatic rings. The monoisotopic (exact) mass is 522 g/mol. The number of fused-ring (bicyclic) bond motifs is 2. The summed E-state index contributed by atoms with van der Waals surface area (Å²) in [7, 11) is 1.64. The molecule has 5 rings (SSSR count). The van der Waals surface area contributed by atoms with Crippen molar-refractivity contribution in [2.75, 3.05) is 45.1 Å². The Kier molecular flexibility index (Phi) is 7.91. The molecule has 3 aromatic rings. The van der Waals surface area contributed by atoms with Gasteiger partial charge in [-0.05, 0) is 55.4 Å². The number of nitrogens with zero attached hydrogens (tertiary/aromatic N) is 1. The van der Waals surface area contributed by atoms with Gasteiger partial charge in [-0.2, -0.15) is 0 Å². The molecule has 0 fully saturated rings. The molecule has 2 heterocycles. The Balaban J connectivity index is 1.12. The van der Waals surface area contributed by atoms with Crippen molar-refractivity contribution in [2.24, 2.45) is 0 Å². The number of ether oxygens (including phenoxy) is 5. The number of anilines is 1. The molecule has 0 spiro atoms. The van der Waals surface area contributed by atoms with E-state index < -0.39 is 0 Å². The lowest BCUT2D eigenvalue weighted by molar-refractivity contribution is -0.116. The third-order valence-electron chi connectivity index (χ3n) is 6.07. The lowest BCUT2D eigenvalue weighted by atomic mass is 10.1. The van der Waals surface area contributed by atoms with E-state index in [0.717, 1.165) is 52.1 Å². The van der Waals surface area contributed by atoms with Crippen molar-refractivity contribution in [1.82, 2.24) is 5.32 Å². The van der Waals surface area contributed by atoms with E-state index in [9.17, 15) is 4.79 Å². The molecule has 0 radical (unpaired) electrons. The summed E-state index contributed by atoms with van der Waals surface area (Å²) in [5.74, 6) is 3.69. The standard InChI is InChI=1S/C28H30N2O6S/c1-19(31)30-23-6-3-4-7-27(23)37-28(30)22-16-20(32-2)8-10-24(22)34-14-5-12-29-13-15-33-21-9-11-25-26(17-21)36-18-35-25/h3-4,6-11,16-17,28-29H,5,12-15,18H2,1-2H3. The molecule has 3 aromatic carbocycles. The van der Waals surface area contributed by atoms with Crippen LogP contribution >= 0.6 is 11.8 Å². The second-order valence-electron chi connectivity index (χ2n) is 8.55. The molecule has 8 nitrogen and oxygen atoms in total. The van der Waals surface area contributed by atoms with Crippen LogP contribution in [0.3, 0.4) is 0 Å². The molecule has 0 aliphatic carbocycles. The highest BCUT2D eigenvalue weighted by Crippen LogP contribution is 2.53. The van der Waals surface area contributed by atoms with Crippen LogP contribution in [0.2, 0.25) is 0 Å². The number of thioether (sulfide) groups is 1. The quantitative estimate of drug-likeness (QED) is 0.352. The predicted octanol–water partition coefficient (Wildman–Crippen LogP) is 5.02. The molecule has 0 bridgehead atoms. The van der Waals surface area contributed by atoms with E-state index in [4.69, 9.17) is 23.7 Å². The lowest BCUT2D eigenvalue weighted by Gasteiger charge is -2.25. The highest BCUT2D eigenvalue weighted by Gasteiger charge is 2.35. The summed E-state index contributed by atoms with van der Waals surface area (Å²) in [6, 6.07) is 19.3. The molecule has 1 N–H and O–H groups in total. The van der Waals surface area contributed by atoms with Gasteiger partial charge in [0.05, 0.1) is 19.4 Å². The van der Waals surface area contributed by atoms with Gasteiger partial charge in [0, 0.05) is 30.0 Å². The van der Waals surface area contributed by atoms with Crippen LogP contribution < -0.4 is 33.9 Å². The fourth-order valence-electron chi connectivity index (χ4n) is 4.28. The first kappa shape index (κ1) is 25.1. The maximum atomic E-state index is 12.6. The number of rotatable bonds is 11. The molecule has 37 heavy (non-hydrogen) atoms. The predicted molar refractivity (Wildman–Crippen MR) is 142 cm³/mol. The third kappa shape index (κ3) is 5.73. The van der Waals surface area contributed by atoms with Gasteiger partial charge in [0.25, 0.3) is 0 Å². The van der Waals surface area contributed by atoms with Gasteiger partial charge in [-0.3, -0.25) is 9.69 Å². The van der Waals surface area contributed by atoms with Gasteiger partial charge in [-0.25, -0.2) is 0 Å². The van der Waals surface area contributed by atoms with Crippen LogP contribution in [0.15, 0.2) is 65.6 Å². The highest BCUT2D eigenvalue weighted by molar-refractivity contribution is 8.00. The number of hydrogen-bond acceptors (Lipinski definition) is 8. The smallest absolute Gasteiger partial charge is 0.231 e. The van der Waals surface area contributed by atoms with Gasteiger partial charge in [0.15, 0.2) is 11.5 Å². The SMILES string of the molecule is COc1ccc(OCCCNCCOc2ccc3c(c2)OCO3)c(C2Sc3ccccc3N2C(C)=O)c1. The van der Waals surface area contributed by atoms with E-state index in [1.807, 2.05) is 65.6 Å².